The van der Waals surface area contributed by atoms with Crippen LogP contribution in [0.2, 0.25) is 0 Å². The molecule has 0 N–H and O–H groups in total. The number of methoxy groups -OCH3 is 1. The number of tetrazole rings is 1. The van der Waals surface area contributed by atoms with Crippen molar-refractivity contribution in [1.82, 2.24) is 20.2 Å². The maximum atomic E-state index is 13.4. The van der Waals surface area contributed by atoms with Gasteiger partial charge < -0.3 is 4.74 Å². The number of carbonyl (C=O) groups is 1. The first-order chi connectivity index (χ1) is 12.1. The fourth-order valence-corrected chi connectivity index (χ4v) is 3.00. The maximum absolute atomic E-state index is 13.4. The van der Waals surface area contributed by atoms with Crippen LogP contribution in [0.25, 0.3) is 5.69 Å². The van der Waals surface area contributed by atoms with E-state index >= 15 is 0 Å². The summed E-state index contributed by atoms with van der Waals surface area (Å²) in [6.45, 7) is 1.99. The number of aryl methyl sites for hydroxylation is 1. The van der Waals surface area contributed by atoms with Crippen molar-refractivity contribution >= 4 is 17.5 Å². The van der Waals surface area contributed by atoms with E-state index in [9.17, 15) is 9.18 Å². The second kappa shape index (κ2) is 7.43. The summed E-state index contributed by atoms with van der Waals surface area (Å²) in [4.78, 5) is 12.4. The minimum atomic E-state index is -0.487. The summed E-state index contributed by atoms with van der Waals surface area (Å²) in [7, 11) is 1.44. The molecule has 6 nitrogen and oxygen atoms in total. The molecule has 8 heteroatoms. The summed E-state index contributed by atoms with van der Waals surface area (Å²) in [6, 6.07) is 11.6. The second-order valence-corrected chi connectivity index (χ2v) is 6.21. The smallest absolute Gasteiger partial charge is 0.214 e. The Bertz CT molecular complexity index is 896. The number of ketones is 1. The Kier molecular flexibility index (Phi) is 5.08. The van der Waals surface area contributed by atoms with Crippen LogP contribution in [0.3, 0.4) is 0 Å². The van der Waals surface area contributed by atoms with Crippen molar-refractivity contribution in [2.24, 2.45) is 0 Å². The predicted molar refractivity (Wildman–Crippen MR) is 91.9 cm³/mol. The highest BCUT2D eigenvalue weighted by atomic mass is 32.2. The quantitative estimate of drug-likeness (QED) is 0.498. The molecule has 1 heterocycles. The molecule has 0 aliphatic carbocycles. The van der Waals surface area contributed by atoms with Gasteiger partial charge in [0.2, 0.25) is 5.16 Å². The lowest BCUT2D eigenvalue weighted by Crippen LogP contribution is -2.07. The molecule has 0 saturated heterocycles. The van der Waals surface area contributed by atoms with Gasteiger partial charge >= 0.3 is 0 Å². The van der Waals surface area contributed by atoms with E-state index in [0.717, 1.165) is 11.3 Å². The zero-order valence-corrected chi connectivity index (χ0v) is 14.5. The molecule has 1 aromatic heterocycles. The van der Waals surface area contributed by atoms with E-state index in [0.29, 0.717) is 10.9 Å². The molecule has 3 rings (SSSR count). The van der Waals surface area contributed by atoms with Crippen LogP contribution in [-0.2, 0) is 0 Å². The van der Waals surface area contributed by atoms with E-state index in [1.165, 1.54) is 37.1 Å². The van der Waals surface area contributed by atoms with Crippen LogP contribution in [0.4, 0.5) is 4.39 Å². The highest BCUT2D eigenvalue weighted by Crippen LogP contribution is 2.24. The highest BCUT2D eigenvalue weighted by molar-refractivity contribution is 7.99. The maximum Gasteiger partial charge on any atom is 0.214 e. The lowest BCUT2D eigenvalue weighted by Gasteiger charge is -2.08. The lowest BCUT2D eigenvalue weighted by atomic mass is 10.1. The number of benzene rings is 2. The molecular formula is C17H15FN4O2S. The number of rotatable bonds is 6. The Morgan fingerprint density at radius 1 is 1.24 bits per heavy atom. The van der Waals surface area contributed by atoms with Crippen molar-refractivity contribution in [3.05, 3.63) is 59.4 Å². The van der Waals surface area contributed by atoms with Gasteiger partial charge in [-0.25, -0.2) is 4.39 Å². The fraction of sp³-hybridized carbons (Fsp3) is 0.176. The minimum absolute atomic E-state index is 0.0616. The summed E-state index contributed by atoms with van der Waals surface area (Å²) in [6.07, 6.45) is 0. The third-order valence-electron chi connectivity index (χ3n) is 3.51. The largest absolute Gasteiger partial charge is 0.496 e. The van der Waals surface area contributed by atoms with E-state index in [1.54, 1.807) is 4.68 Å². The molecule has 0 aliphatic rings. The standard InChI is InChI=1S/C17H15FN4O2S/c1-11-3-6-13(7-4-11)22-17(19-20-21-22)25-10-15(23)14-9-12(18)5-8-16(14)24-2/h3-9H,10H2,1-2H3. The van der Waals surface area contributed by atoms with Crippen LogP contribution in [-0.4, -0.2) is 38.9 Å². The zero-order chi connectivity index (χ0) is 17.8. The minimum Gasteiger partial charge on any atom is -0.496 e. The summed E-state index contributed by atoms with van der Waals surface area (Å²) in [5, 5.41) is 12.0. The molecule has 0 amide bonds. The van der Waals surface area contributed by atoms with Gasteiger partial charge in [-0.05, 0) is 47.7 Å². The number of thioether (sulfide) groups is 1. The molecule has 0 aliphatic heterocycles. The molecule has 128 valence electrons. The monoisotopic (exact) mass is 358 g/mol. The molecule has 0 fully saturated rings. The Labute approximate surface area is 148 Å². The summed E-state index contributed by atoms with van der Waals surface area (Å²) in [5.41, 5.74) is 2.12. The predicted octanol–water partition coefficient (Wildman–Crippen LogP) is 3.09. The Hall–Kier alpha value is -2.74. The molecule has 0 radical (unpaired) electrons. The van der Waals surface area contributed by atoms with Gasteiger partial charge in [-0.2, -0.15) is 4.68 Å². The van der Waals surface area contributed by atoms with Crippen LogP contribution in [0.1, 0.15) is 15.9 Å². The second-order valence-electron chi connectivity index (χ2n) is 5.27. The number of hydrogen-bond acceptors (Lipinski definition) is 6. The van der Waals surface area contributed by atoms with Crippen LogP contribution in [0, 0.1) is 12.7 Å². The van der Waals surface area contributed by atoms with Crippen molar-refractivity contribution in [1.29, 1.82) is 0 Å². The molecule has 0 unspecified atom stereocenters. The van der Waals surface area contributed by atoms with Gasteiger partial charge in [-0.15, -0.1) is 5.10 Å². The van der Waals surface area contributed by atoms with Gasteiger partial charge in [0.25, 0.3) is 0 Å². The van der Waals surface area contributed by atoms with Gasteiger partial charge in [0.1, 0.15) is 11.6 Å². The van der Waals surface area contributed by atoms with Crippen molar-refractivity contribution in [2.45, 2.75) is 12.1 Å². The number of Topliss-reactive ketones (excluding diaryl/α,β-unsaturated/α-hetero) is 1. The highest BCUT2D eigenvalue weighted by Gasteiger charge is 2.16. The lowest BCUT2D eigenvalue weighted by molar-refractivity contribution is 0.101. The van der Waals surface area contributed by atoms with Crippen LogP contribution in [0.15, 0.2) is 47.6 Å². The first-order valence-electron chi connectivity index (χ1n) is 7.43. The molecular weight excluding hydrogens is 343 g/mol. The number of hydrogen-bond donors (Lipinski definition) is 0. The van der Waals surface area contributed by atoms with E-state index in [2.05, 4.69) is 15.5 Å². The van der Waals surface area contributed by atoms with Crippen molar-refractivity contribution < 1.29 is 13.9 Å². The average Bonchev–Trinajstić information content (AvgIpc) is 3.09. The molecule has 0 spiro atoms. The van der Waals surface area contributed by atoms with Crippen LogP contribution in [0.5, 0.6) is 5.75 Å². The summed E-state index contributed by atoms with van der Waals surface area (Å²) in [5.74, 6) is -0.352. The van der Waals surface area contributed by atoms with Gasteiger partial charge in [0.15, 0.2) is 5.78 Å². The van der Waals surface area contributed by atoms with E-state index < -0.39 is 5.82 Å². The molecule has 25 heavy (non-hydrogen) atoms. The van der Waals surface area contributed by atoms with Gasteiger partial charge in [-0.1, -0.05) is 29.5 Å². The van der Waals surface area contributed by atoms with Crippen molar-refractivity contribution in [3.63, 3.8) is 0 Å². The van der Waals surface area contributed by atoms with Crippen molar-refractivity contribution in [2.75, 3.05) is 12.9 Å². The average molecular weight is 358 g/mol. The number of ether oxygens (including phenoxy) is 1. The molecule has 2 aromatic carbocycles. The molecule has 0 saturated carbocycles. The van der Waals surface area contributed by atoms with Crippen molar-refractivity contribution in [3.8, 4) is 11.4 Å². The zero-order valence-electron chi connectivity index (χ0n) is 13.6. The van der Waals surface area contributed by atoms with Crippen LogP contribution < -0.4 is 4.74 Å². The topological polar surface area (TPSA) is 69.9 Å². The van der Waals surface area contributed by atoms with Crippen LogP contribution >= 0.6 is 11.8 Å². The number of aromatic nitrogens is 4. The Balaban J connectivity index is 1.77. The summed E-state index contributed by atoms with van der Waals surface area (Å²) < 4.78 is 20.1. The van der Waals surface area contributed by atoms with Gasteiger partial charge in [0, 0.05) is 0 Å². The molecule has 0 atom stereocenters. The van der Waals surface area contributed by atoms with E-state index in [4.69, 9.17) is 4.74 Å². The third kappa shape index (κ3) is 3.85. The number of halogens is 1. The number of carbonyl (C=O) groups excluding carboxylic acids is 1. The SMILES string of the molecule is COc1ccc(F)cc1C(=O)CSc1nnnn1-c1ccc(C)cc1. The fourth-order valence-electron chi connectivity index (χ4n) is 2.22. The summed E-state index contributed by atoms with van der Waals surface area (Å²) >= 11 is 1.18. The molecule has 3 aromatic rings. The van der Waals surface area contributed by atoms with Gasteiger partial charge in [-0.3, -0.25) is 4.79 Å². The molecule has 0 bridgehead atoms. The first kappa shape index (κ1) is 17.1. The Morgan fingerprint density at radius 3 is 2.72 bits per heavy atom. The normalized spacial score (nSPS) is 10.7. The first-order valence-corrected chi connectivity index (χ1v) is 8.42. The third-order valence-corrected chi connectivity index (χ3v) is 4.43. The number of nitrogens with zero attached hydrogens (tertiary/aromatic N) is 4. The Morgan fingerprint density at radius 2 is 2.00 bits per heavy atom. The van der Waals surface area contributed by atoms with Gasteiger partial charge in [0.05, 0.1) is 24.1 Å². The van der Waals surface area contributed by atoms with E-state index in [-0.39, 0.29) is 17.1 Å². The van der Waals surface area contributed by atoms with E-state index in [1.807, 2.05) is 31.2 Å².